The van der Waals surface area contributed by atoms with Crippen molar-refractivity contribution in [3.63, 3.8) is 0 Å². The van der Waals surface area contributed by atoms with E-state index in [9.17, 15) is 4.79 Å². The second-order valence-electron chi connectivity index (χ2n) is 2.97. The third kappa shape index (κ3) is 0.971. The van der Waals surface area contributed by atoms with Gasteiger partial charge in [0.25, 0.3) is 0 Å². The summed E-state index contributed by atoms with van der Waals surface area (Å²) in [4.78, 5) is 10.6. The first kappa shape index (κ1) is 5.54. The molecule has 0 N–H and O–H groups in total. The van der Waals surface area contributed by atoms with Crippen molar-refractivity contribution in [1.29, 1.82) is 0 Å². The first-order valence-electron chi connectivity index (χ1n) is 2.82. The predicted octanol–water partition coefficient (Wildman–Crippen LogP) is 1.54. The zero-order chi connectivity index (χ0) is 6.20. The molecule has 1 rings (SSSR count). The molecule has 0 spiro atoms. The van der Waals surface area contributed by atoms with E-state index in [1.54, 1.807) is 6.08 Å². The van der Waals surface area contributed by atoms with E-state index in [4.69, 9.17) is 0 Å². The summed E-state index contributed by atoms with van der Waals surface area (Å²) < 4.78 is 0. The molecule has 0 aromatic rings. The van der Waals surface area contributed by atoms with Gasteiger partial charge in [-0.1, -0.05) is 19.9 Å². The minimum absolute atomic E-state index is 0.136. The molecule has 0 aliphatic heterocycles. The molecule has 0 amide bonds. The number of hydrogen-bond acceptors (Lipinski definition) is 1. The van der Waals surface area contributed by atoms with Crippen molar-refractivity contribution in [2.75, 3.05) is 0 Å². The van der Waals surface area contributed by atoms with Crippen LogP contribution in [0.4, 0.5) is 0 Å². The van der Waals surface area contributed by atoms with Gasteiger partial charge in [0.15, 0.2) is 5.78 Å². The van der Waals surface area contributed by atoms with E-state index in [1.807, 2.05) is 6.08 Å². The Morgan fingerprint density at radius 1 is 1.62 bits per heavy atom. The van der Waals surface area contributed by atoms with Crippen molar-refractivity contribution < 1.29 is 4.79 Å². The normalized spacial score (nSPS) is 24.5. The van der Waals surface area contributed by atoms with E-state index in [1.165, 1.54) is 0 Å². The van der Waals surface area contributed by atoms with Crippen LogP contribution in [-0.4, -0.2) is 5.78 Å². The van der Waals surface area contributed by atoms with Crippen molar-refractivity contribution in [3.8, 4) is 0 Å². The monoisotopic (exact) mass is 110 g/mol. The van der Waals surface area contributed by atoms with E-state index in [0.717, 1.165) is 0 Å². The van der Waals surface area contributed by atoms with Crippen LogP contribution in [-0.2, 0) is 4.79 Å². The molecule has 0 fully saturated rings. The summed E-state index contributed by atoms with van der Waals surface area (Å²) in [6.45, 7) is 4.13. The van der Waals surface area contributed by atoms with E-state index < -0.39 is 0 Å². The van der Waals surface area contributed by atoms with E-state index in [-0.39, 0.29) is 11.2 Å². The molecule has 1 aliphatic carbocycles. The van der Waals surface area contributed by atoms with Crippen molar-refractivity contribution in [3.05, 3.63) is 12.2 Å². The Morgan fingerprint density at radius 3 is 2.38 bits per heavy atom. The lowest BCUT2D eigenvalue weighted by Gasteiger charge is -2.10. The summed E-state index contributed by atoms with van der Waals surface area (Å²) >= 11 is 0. The number of allylic oxidation sites excluding steroid dienone is 2. The lowest BCUT2D eigenvalue weighted by atomic mass is 9.93. The first-order chi connectivity index (χ1) is 3.60. The van der Waals surface area contributed by atoms with Crippen molar-refractivity contribution in [2.45, 2.75) is 20.3 Å². The van der Waals surface area contributed by atoms with E-state index >= 15 is 0 Å². The smallest absolute Gasteiger partial charge is 0.156 e. The molecule has 1 aliphatic rings. The van der Waals surface area contributed by atoms with Crippen LogP contribution in [0, 0.1) is 5.41 Å². The van der Waals surface area contributed by atoms with Crippen LogP contribution in [0.25, 0.3) is 0 Å². The zero-order valence-corrected chi connectivity index (χ0v) is 5.27. The molecule has 0 aromatic heterocycles. The summed E-state index contributed by atoms with van der Waals surface area (Å²) in [5, 5.41) is 0. The fourth-order valence-electron chi connectivity index (χ4n) is 0.885. The number of carbonyl (C=O) groups is 1. The van der Waals surface area contributed by atoms with Gasteiger partial charge in [-0.2, -0.15) is 0 Å². The summed E-state index contributed by atoms with van der Waals surface area (Å²) in [7, 11) is 0. The highest BCUT2D eigenvalue weighted by molar-refractivity contribution is 5.92. The van der Waals surface area contributed by atoms with Crippen LogP contribution >= 0.6 is 0 Å². The second kappa shape index (κ2) is 1.44. The topological polar surface area (TPSA) is 17.1 Å². The Labute approximate surface area is 49.4 Å². The highest BCUT2D eigenvalue weighted by Gasteiger charge is 2.22. The first-order valence-corrected chi connectivity index (χ1v) is 2.82. The van der Waals surface area contributed by atoms with Gasteiger partial charge in [0, 0.05) is 6.42 Å². The van der Waals surface area contributed by atoms with Crippen LogP contribution in [0.5, 0.6) is 0 Å². The third-order valence-corrected chi connectivity index (χ3v) is 1.35. The SMILES string of the molecule is CC1(C)C=CC(=O)C1. The van der Waals surface area contributed by atoms with Crippen LogP contribution in [0.1, 0.15) is 20.3 Å². The van der Waals surface area contributed by atoms with Gasteiger partial charge in [0.1, 0.15) is 0 Å². The average Bonchev–Trinajstić information content (AvgIpc) is 1.82. The fourth-order valence-corrected chi connectivity index (χ4v) is 0.885. The maximum Gasteiger partial charge on any atom is 0.156 e. The standard InChI is InChI=1S/C7H10O/c1-7(2)4-3-6(8)5-7/h3-4H,5H2,1-2H3. The van der Waals surface area contributed by atoms with Crippen molar-refractivity contribution >= 4 is 5.78 Å². The third-order valence-electron chi connectivity index (χ3n) is 1.35. The fraction of sp³-hybridized carbons (Fsp3) is 0.571. The Bertz CT molecular complexity index is 142. The molecular weight excluding hydrogens is 100 g/mol. The Hall–Kier alpha value is -0.590. The van der Waals surface area contributed by atoms with Gasteiger partial charge in [-0.25, -0.2) is 0 Å². The van der Waals surface area contributed by atoms with Crippen LogP contribution < -0.4 is 0 Å². The Balaban J connectivity index is 2.72. The van der Waals surface area contributed by atoms with Gasteiger partial charge in [0.2, 0.25) is 0 Å². The van der Waals surface area contributed by atoms with Crippen LogP contribution in [0.2, 0.25) is 0 Å². The molecule has 0 atom stereocenters. The van der Waals surface area contributed by atoms with Crippen LogP contribution in [0.15, 0.2) is 12.2 Å². The summed E-state index contributed by atoms with van der Waals surface area (Å²) in [6, 6.07) is 0. The molecule has 0 bridgehead atoms. The predicted molar refractivity (Wildman–Crippen MR) is 32.5 cm³/mol. The number of ketones is 1. The molecule has 0 heterocycles. The maximum atomic E-state index is 10.6. The summed E-state index contributed by atoms with van der Waals surface area (Å²) in [5.74, 6) is 0.259. The number of hydrogen-bond donors (Lipinski definition) is 0. The molecule has 0 saturated carbocycles. The van der Waals surface area contributed by atoms with E-state index in [0.29, 0.717) is 6.42 Å². The Morgan fingerprint density at radius 2 is 2.25 bits per heavy atom. The molecule has 44 valence electrons. The van der Waals surface area contributed by atoms with Gasteiger partial charge >= 0.3 is 0 Å². The van der Waals surface area contributed by atoms with Gasteiger partial charge in [-0.3, -0.25) is 4.79 Å². The minimum atomic E-state index is 0.136. The van der Waals surface area contributed by atoms with Gasteiger partial charge in [-0.05, 0) is 11.5 Å². The highest BCUT2D eigenvalue weighted by atomic mass is 16.1. The minimum Gasteiger partial charge on any atom is -0.295 e. The highest BCUT2D eigenvalue weighted by Crippen LogP contribution is 2.27. The lowest BCUT2D eigenvalue weighted by molar-refractivity contribution is -0.114. The molecule has 0 radical (unpaired) electrons. The quantitative estimate of drug-likeness (QED) is 0.462. The largest absolute Gasteiger partial charge is 0.295 e. The summed E-state index contributed by atoms with van der Waals surface area (Å²) in [5.41, 5.74) is 0.136. The molecule has 1 heteroatoms. The van der Waals surface area contributed by atoms with Crippen LogP contribution in [0.3, 0.4) is 0 Å². The van der Waals surface area contributed by atoms with Crippen molar-refractivity contribution in [1.82, 2.24) is 0 Å². The molecule has 0 aromatic carbocycles. The second-order valence-corrected chi connectivity index (χ2v) is 2.97. The zero-order valence-electron chi connectivity index (χ0n) is 5.27. The lowest BCUT2D eigenvalue weighted by Crippen LogP contribution is -2.04. The average molecular weight is 110 g/mol. The number of carbonyl (C=O) groups excluding carboxylic acids is 1. The summed E-state index contributed by atoms with van der Waals surface area (Å²) in [6.07, 6.45) is 4.32. The van der Waals surface area contributed by atoms with Crippen molar-refractivity contribution in [2.24, 2.45) is 5.41 Å². The van der Waals surface area contributed by atoms with Gasteiger partial charge < -0.3 is 0 Å². The van der Waals surface area contributed by atoms with Gasteiger partial charge in [0.05, 0.1) is 0 Å². The molecule has 0 unspecified atom stereocenters. The molecular formula is C7H10O. The van der Waals surface area contributed by atoms with Gasteiger partial charge in [-0.15, -0.1) is 0 Å². The van der Waals surface area contributed by atoms with E-state index in [2.05, 4.69) is 13.8 Å². The molecule has 8 heavy (non-hydrogen) atoms. The molecule has 1 nitrogen and oxygen atoms in total. The maximum absolute atomic E-state index is 10.6. The molecule has 0 saturated heterocycles. The number of rotatable bonds is 0. The Kier molecular flexibility index (Phi) is 0.999.